The molecule has 0 fully saturated rings. The first-order valence-electron chi connectivity index (χ1n) is 6.11. The van der Waals surface area contributed by atoms with Gasteiger partial charge in [0, 0.05) is 31.5 Å². The molecule has 0 aromatic carbocycles. The van der Waals surface area contributed by atoms with Gasteiger partial charge in [0.25, 0.3) is 0 Å². The lowest BCUT2D eigenvalue weighted by Crippen LogP contribution is -2.28. The predicted octanol–water partition coefficient (Wildman–Crippen LogP) is 2.41. The van der Waals surface area contributed by atoms with Gasteiger partial charge < -0.3 is 10.6 Å². The monoisotopic (exact) mass is 221 g/mol. The van der Waals surface area contributed by atoms with Crippen LogP contribution in [-0.2, 0) is 6.54 Å². The minimum Gasteiger partial charge on any atom is -0.371 e. The Kier molecular flexibility index (Phi) is 5.26. The third-order valence-electron chi connectivity index (χ3n) is 2.99. The molecule has 0 saturated heterocycles. The lowest BCUT2D eigenvalue weighted by molar-refractivity contribution is 0.548. The van der Waals surface area contributed by atoms with Gasteiger partial charge in [0.2, 0.25) is 0 Å². The average Bonchev–Trinajstić information content (AvgIpc) is 2.35. The lowest BCUT2D eigenvalue weighted by Gasteiger charge is -2.26. The maximum atomic E-state index is 5.61. The number of rotatable bonds is 6. The van der Waals surface area contributed by atoms with Crippen LogP contribution >= 0.6 is 0 Å². The maximum absolute atomic E-state index is 5.61. The maximum Gasteiger partial charge on any atom is 0.0560 e. The second-order valence-electron chi connectivity index (χ2n) is 4.26. The van der Waals surface area contributed by atoms with Crippen LogP contribution in [0.1, 0.15) is 32.9 Å². The van der Waals surface area contributed by atoms with Gasteiger partial charge in [-0.05, 0) is 25.0 Å². The minimum atomic E-state index is 0.509. The molecule has 1 aromatic heterocycles. The summed E-state index contributed by atoms with van der Waals surface area (Å²) in [5.74, 6) is 0.717. The topological polar surface area (TPSA) is 42.2 Å². The van der Waals surface area contributed by atoms with E-state index in [2.05, 4.69) is 42.8 Å². The van der Waals surface area contributed by atoms with Crippen molar-refractivity contribution in [3.63, 3.8) is 0 Å². The van der Waals surface area contributed by atoms with Gasteiger partial charge in [-0.1, -0.05) is 20.3 Å². The van der Waals surface area contributed by atoms with Crippen molar-refractivity contribution in [1.82, 2.24) is 4.98 Å². The summed E-state index contributed by atoms with van der Waals surface area (Å²) in [7, 11) is 0. The first-order chi connectivity index (χ1) is 7.71. The Bertz CT molecular complexity index is 312. The van der Waals surface area contributed by atoms with Gasteiger partial charge in [0.1, 0.15) is 0 Å². The average molecular weight is 221 g/mol. The molecule has 16 heavy (non-hydrogen) atoms. The summed E-state index contributed by atoms with van der Waals surface area (Å²) in [6.07, 6.45) is 3.06. The van der Waals surface area contributed by atoms with Crippen LogP contribution in [0.2, 0.25) is 0 Å². The minimum absolute atomic E-state index is 0.509. The fraction of sp³-hybridized carbons (Fsp3) is 0.615. The summed E-state index contributed by atoms with van der Waals surface area (Å²) in [5.41, 5.74) is 7.80. The highest BCUT2D eigenvalue weighted by Gasteiger charge is 2.08. The van der Waals surface area contributed by atoms with Crippen LogP contribution < -0.4 is 10.6 Å². The van der Waals surface area contributed by atoms with Crippen LogP contribution in [0.25, 0.3) is 0 Å². The Hall–Kier alpha value is -1.09. The molecule has 2 N–H and O–H groups in total. The standard InChI is InChI=1S/C13H23N3/c1-4-11(3)10-16(5-2)13-6-7-15-12(8-13)9-14/h6-8,11H,4-5,9-10,14H2,1-3H3. The fourth-order valence-corrected chi connectivity index (χ4v) is 1.70. The number of aromatic nitrogens is 1. The molecule has 1 aromatic rings. The molecule has 0 aliphatic rings. The van der Waals surface area contributed by atoms with Gasteiger partial charge in [-0.25, -0.2) is 0 Å². The van der Waals surface area contributed by atoms with E-state index in [-0.39, 0.29) is 0 Å². The summed E-state index contributed by atoms with van der Waals surface area (Å²) in [5, 5.41) is 0. The van der Waals surface area contributed by atoms with Gasteiger partial charge in [-0.3, -0.25) is 4.98 Å². The van der Waals surface area contributed by atoms with Crippen molar-refractivity contribution in [2.45, 2.75) is 33.7 Å². The quantitative estimate of drug-likeness (QED) is 0.802. The third kappa shape index (κ3) is 3.49. The molecular formula is C13H23N3. The molecule has 0 aliphatic heterocycles. The molecule has 1 rings (SSSR count). The van der Waals surface area contributed by atoms with E-state index in [0.29, 0.717) is 6.54 Å². The summed E-state index contributed by atoms with van der Waals surface area (Å²) < 4.78 is 0. The van der Waals surface area contributed by atoms with E-state index in [1.54, 1.807) is 0 Å². The number of anilines is 1. The molecule has 0 spiro atoms. The SMILES string of the molecule is CCC(C)CN(CC)c1ccnc(CN)c1. The van der Waals surface area contributed by atoms with Gasteiger partial charge in [-0.2, -0.15) is 0 Å². The summed E-state index contributed by atoms with van der Waals surface area (Å²) >= 11 is 0. The second-order valence-corrected chi connectivity index (χ2v) is 4.26. The number of hydrogen-bond donors (Lipinski definition) is 1. The Morgan fingerprint density at radius 3 is 2.75 bits per heavy atom. The first kappa shape index (κ1) is 13.0. The summed E-state index contributed by atoms with van der Waals surface area (Å²) in [6.45, 7) is 9.34. The number of pyridine rings is 1. The zero-order chi connectivity index (χ0) is 12.0. The van der Waals surface area contributed by atoms with E-state index in [1.807, 2.05) is 6.20 Å². The third-order valence-corrected chi connectivity index (χ3v) is 2.99. The number of nitrogens with zero attached hydrogens (tertiary/aromatic N) is 2. The highest BCUT2D eigenvalue weighted by molar-refractivity contribution is 5.46. The normalized spacial score (nSPS) is 12.5. The molecule has 3 heteroatoms. The van der Waals surface area contributed by atoms with Crippen molar-refractivity contribution in [3.8, 4) is 0 Å². The van der Waals surface area contributed by atoms with Crippen LogP contribution in [0.4, 0.5) is 5.69 Å². The van der Waals surface area contributed by atoms with E-state index in [4.69, 9.17) is 5.73 Å². The molecule has 3 nitrogen and oxygen atoms in total. The Morgan fingerprint density at radius 1 is 1.44 bits per heavy atom. The molecule has 1 heterocycles. The van der Waals surface area contributed by atoms with Crippen molar-refractivity contribution in [2.75, 3.05) is 18.0 Å². The Balaban J connectivity index is 2.77. The van der Waals surface area contributed by atoms with E-state index >= 15 is 0 Å². The van der Waals surface area contributed by atoms with Crippen molar-refractivity contribution < 1.29 is 0 Å². The summed E-state index contributed by atoms with van der Waals surface area (Å²) in [6, 6.07) is 4.15. The molecular weight excluding hydrogens is 198 g/mol. The number of nitrogens with two attached hydrogens (primary N) is 1. The largest absolute Gasteiger partial charge is 0.371 e. The van der Waals surface area contributed by atoms with Crippen LogP contribution in [0.5, 0.6) is 0 Å². The molecule has 1 atom stereocenters. The van der Waals surface area contributed by atoms with Crippen molar-refractivity contribution in [3.05, 3.63) is 24.0 Å². The van der Waals surface area contributed by atoms with Crippen LogP contribution in [0, 0.1) is 5.92 Å². The van der Waals surface area contributed by atoms with Crippen molar-refractivity contribution in [2.24, 2.45) is 11.7 Å². The highest BCUT2D eigenvalue weighted by atomic mass is 15.1. The Labute approximate surface area is 98.7 Å². The van der Waals surface area contributed by atoms with E-state index < -0.39 is 0 Å². The van der Waals surface area contributed by atoms with Gasteiger partial charge in [-0.15, -0.1) is 0 Å². The van der Waals surface area contributed by atoms with Gasteiger partial charge >= 0.3 is 0 Å². The molecule has 0 amide bonds. The van der Waals surface area contributed by atoms with Crippen LogP contribution in [0.15, 0.2) is 18.3 Å². The van der Waals surface area contributed by atoms with E-state index in [9.17, 15) is 0 Å². The molecule has 0 bridgehead atoms. The Morgan fingerprint density at radius 2 is 2.19 bits per heavy atom. The molecule has 0 radical (unpaired) electrons. The van der Waals surface area contributed by atoms with E-state index in [1.165, 1.54) is 12.1 Å². The molecule has 0 saturated carbocycles. The lowest BCUT2D eigenvalue weighted by atomic mass is 10.1. The first-order valence-corrected chi connectivity index (χ1v) is 6.11. The van der Waals surface area contributed by atoms with Crippen LogP contribution in [-0.4, -0.2) is 18.1 Å². The highest BCUT2D eigenvalue weighted by Crippen LogP contribution is 2.16. The smallest absolute Gasteiger partial charge is 0.0560 e. The van der Waals surface area contributed by atoms with Crippen molar-refractivity contribution in [1.29, 1.82) is 0 Å². The van der Waals surface area contributed by atoms with Crippen molar-refractivity contribution >= 4 is 5.69 Å². The predicted molar refractivity (Wildman–Crippen MR) is 69.5 cm³/mol. The van der Waals surface area contributed by atoms with Gasteiger partial charge in [0.05, 0.1) is 5.69 Å². The molecule has 90 valence electrons. The van der Waals surface area contributed by atoms with E-state index in [0.717, 1.165) is 24.7 Å². The van der Waals surface area contributed by atoms with Gasteiger partial charge in [0.15, 0.2) is 0 Å². The number of hydrogen-bond acceptors (Lipinski definition) is 3. The second kappa shape index (κ2) is 6.48. The fourth-order valence-electron chi connectivity index (χ4n) is 1.70. The zero-order valence-corrected chi connectivity index (χ0v) is 10.6. The van der Waals surface area contributed by atoms with Crippen LogP contribution in [0.3, 0.4) is 0 Å². The molecule has 0 aliphatic carbocycles. The molecule has 1 unspecified atom stereocenters. The zero-order valence-electron chi connectivity index (χ0n) is 10.6. The summed E-state index contributed by atoms with van der Waals surface area (Å²) in [4.78, 5) is 6.61.